The Morgan fingerprint density at radius 3 is 2.54 bits per heavy atom. The quantitative estimate of drug-likeness (QED) is 0.768. The van der Waals surface area contributed by atoms with E-state index in [0.29, 0.717) is 0 Å². The lowest BCUT2D eigenvalue weighted by molar-refractivity contribution is 0.0820. The van der Waals surface area contributed by atoms with Crippen LogP contribution < -0.4 is 5.32 Å². The summed E-state index contributed by atoms with van der Waals surface area (Å²) in [6, 6.07) is 16.7. The summed E-state index contributed by atoms with van der Waals surface area (Å²) in [4.78, 5) is 6.98. The molecule has 0 aliphatic carbocycles. The summed E-state index contributed by atoms with van der Waals surface area (Å²) in [7, 11) is 0. The average Bonchev–Trinajstić information content (AvgIpc) is 2.65. The summed E-state index contributed by atoms with van der Waals surface area (Å²) in [5.74, 6) is 0. The highest BCUT2D eigenvalue weighted by molar-refractivity contribution is 5.27. The molecule has 1 atom stereocenters. The van der Waals surface area contributed by atoms with E-state index in [1.54, 1.807) is 0 Å². The molecular weight excluding hydrogens is 298 g/mol. The molecule has 4 heteroatoms. The third-order valence-electron chi connectivity index (χ3n) is 4.67. The van der Waals surface area contributed by atoms with Gasteiger partial charge in [-0.1, -0.05) is 36.4 Å². The van der Waals surface area contributed by atoms with Crippen molar-refractivity contribution < 1.29 is 5.11 Å². The monoisotopic (exact) mass is 325 g/mol. The first-order valence-corrected chi connectivity index (χ1v) is 8.92. The molecule has 2 aromatic rings. The van der Waals surface area contributed by atoms with Gasteiger partial charge in [-0.15, -0.1) is 0 Å². The number of hydrogen-bond donors (Lipinski definition) is 2. The maximum Gasteiger partial charge on any atom is 0.0751 e. The lowest BCUT2D eigenvalue weighted by atomic mass is 10.0. The van der Waals surface area contributed by atoms with Crippen LogP contribution in [0.3, 0.4) is 0 Å². The van der Waals surface area contributed by atoms with Gasteiger partial charge in [-0.05, 0) is 50.0 Å². The molecule has 2 N–H and O–H groups in total. The zero-order valence-electron chi connectivity index (χ0n) is 14.1. The number of rotatable bonds is 7. The second-order valence-electron chi connectivity index (χ2n) is 6.48. The van der Waals surface area contributed by atoms with Gasteiger partial charge in [-0.3, -0.25) is 4.98 Å². The minimum absolute atomic E-state index is 0.0917. The predicted molar refractivity (Wildman–Crippen MR) is 96.8 cm³/mol. The minimum atomic E-state index is -0.0917. The number of pyridine rings is 1. The third kappa shape index (κ3) is 4.87. The third-order valence-corrected chi connectivity index (χ3v) is 4.67. The molecule has 4 nitrogen and oxygen atoms in total. The average molecular weight is 325 g/mol. The first kappa shape index (κ1) is 17.1. The van der Waals surface area contributed by atoms with Gasteiger partial charge >= 0.3 is 0 Å². The Kier molecular flexibility index (Phi) is 6.35. The Morgan fingerprint density at radius 2 is 1.83 bits per heavy atom. The van der Waals surface area contributed by atoms with E-state index < -0.39 is 0 Å². The van der Waals surface area contributed by atoms with Crippen molar-refractivity contribution in [2.24, 2.45) is 0 Å². The van der Waals surface area contributed by atoms with Crippen molar-refractivity contribution in [3.63, 3.8) is 0 Å². The van der Waals surface area contributed by atoms with Crippen LogP contribution in [0.25, 0.3) is 0 Å². The molecule has 1 aromatic carbocycles. The smallest absolute Gasteiger partial charge is 0.0751 e. The first-order valence-electron chi connectivity index (χ1n) is 8.92. The van der Waals surface area contributed by atoms with E-state index in [4.69, 9.17) is 0 Å². The van der Waals surface area contributed by atoms with Crippen LogP contribution in [0.4, 0.5) is 0 Å². The Bertz CT molecular complexity index is 543. The van der Waals surface area contributed by atoms with Crippen LogP contribution in [0.1, 0.15) is 36.6 Å². The Labute approximate surface area is 144 Å². The Balaban J connectivity index is 1.53. The molecule has 0 saturated carbocycles. The van der Waals surface area contributed by atoms with Crippen LogP contribution in [0.2, 0.25) is 0 Å². The van der Waals surface area contributed by atoms with Crippen LogP contribution in [0.15, 0.2) is 54.7 Å². The second kappa shape index (κ2) is 8.92. The number of aromatic nitrogens is 1. The van der Waals surface area contributed by atoms with Crippen LogP contribution in [0.5, 0.6) is 0 Å². The van der Waals surface area contributed by atoms with E-state index in [1.807, 2.05) is 24.4 Å². The number of aliphatic hydroxyl groups is 1. The van der Waals surface area contributed by atoms with Crippen LogP contribution in [-0.4, -0.2) is 47.3 Å². The molecule has 1 aliphatic heterocycles. The number of benzene rings is 1. The summed E-state index contributed by atoms with van der Waals surface area (Å²) >= 11 is 0. The zero-order chi connectivity index (χ0) is 16.6. The molecular formula is C20H27N3O. The van der Waals surface area contributed by atoms with Crippen molar-refractivity contribution in [3.05, 3.63) is 66.0 Å². The van der Waals surface area contributed by atoms with Gasteiger partial charge in [0.1, 0.15) is 0 Å². The SMILES string of the molecule is OC1CCN(CCCNC(c2ccccc2)c2ccccn2)CC1. The van der Waals surface area contributed by atoms with Crippen molar-refractivity contribution in [2.75, 3.05) is 26.2 Å². The van der Waals surface area contributed by atoms with E-state index in [2.05, 4.69) is 45.5 Å². The maximum absolute atomic E-state index is 9.58. The van der Waals surface area contributed by atoms with Crippen molar-refractivity contribution in [3.8, 4) is 0 Å². The van der Waals surface area contributed by atoms with E-state index in [0.717, 1.165) is 51.1 Å². The van der Waals surface area contributed by atoms with Gasteiger partial charge < -0.3 is 15.3 Å². The van der Waals surface area contributed by atoms with E-state index in [-0.39, 0.29) is 12.1 Å². The van der Waals surface area contributed by atoms with Crippen molar-refractivity contribution in [1.29, 1.82) is 0 Å². The van der Waals surface area contributed by atoms with Crippen LogP contribution in [0, 0.1) is 0 Å². The molecule has 0 spiro atoms. The van der Waals surface area contributed by atoms with Gasteiger partial charge in [-0.2, -0.15) is 0 Å². The number of nitrogens with one attached hydrogen (secondary N) is 1. The molecule has 128 valence electrons. The van der Waals surface area contributed by atoms with Gasteiger partial charge in [-0.25, -0.2) is 0 Å². The highest BCUT2D eigenvalue weighted by Gasteiger charge is 2.17. The number of piperidine rings is 1. The number of hydrogen-bond acceptors (Lipinski definition) is 4. The first-order chi connectivity index (χ1) is 11.8. The Morgan fingerprint density at radius 1 is 1.08 bits per heavy atom. The lowest BCUT2D eigenvalue weighted by Crippen LogP contribution is -2.37. The standard InChI is InChI=1S/C20H27N3O/c24-18-10-15-23(16-11-18)14-6-13-22-20(17-7-2-1-3-8-17)19-9-4-5-12-21-19/h1-5,7-9,12,18,20,22,24H,6,10-11,13-16H2. The molecule has 1 aromatic heterocycles. The molecule has 1 saturated heterocycles. The minimum Gasteiger partial charge on any atom is -0.393 e. The highest BCUT2D eigenvalue weighted by Crippen LogP contribution is 2.19. The van der Waals surface area contributed by atoms with E-state index >= 15 is 0 Å². The van der Waals surface area contributed by atoms with E-state index in [1.165, 1.54) is 5.56 Å². The predicted octanol–water partition coefficient (Wildman–Crippen LogP) is 2.61. The fourth-order valence-electron chi connectivity index (χ4n) is 3.28. The number of nitrogens with zero attached hydrogens (tertiary/aromatic N) is 2. The topological polar surface area (TPSA) is 48.4 Å². The zero-order valence-corrected chi connectivity index (χ0v) is 14.1. The van der Waals surface area contributed by atoms with Crippen molar-refractivity contribution in [2.45, 2.75) is 31.4 Å². The molecule has 0 radical (unpaired) electrons. The molecule has 1 fully saturated rings. The van der Waals surface area contributed by atoms with Gasteiger partial charge in [0.15, 0.2) is 0 Å². The Hall–Kier alpha value is -1.75. The summed E-state index contributed by atoms with van der Waals surface area (Å²) in [6.45, 7) is 4.08. The fraction of sp³-hybridized carbons (Fsp3) is 0.450. The molecule has 1 unspecified atom stereocenters. The van der Waals surface area contributed by atoms with Gasteiger partial charge in [0, 0.05) is 19.3 Å². The van der Waals surface area contributed by atoms with Crippen LogP contribution in [-0.2, 0) is 0 Å². The van der Waals surface area contributed by atoms with Crippen molar-refractivity contribution >= 4 is 0 Å². The molecule has 0 bridgehead atoms. The number of aliphatic hydroxyl groups excluding tert-OH is 1. The summed E-state index contributed by atoms with van der Waals surface area (Å²) < 4.78 is 0. The number of likely N-dealkylation sites (tertiary alicyclic amines) is 1. The van der Waals surface area contributed by atoms with Crippen molar-refractivity contribution in [1.82, 2.24) is 15.2 Å². The molecule has 1 aliphatic rings. The van der Waals surface area contributed by atoms with Gasteiger partial charge in [0.05, 0.1) is 17.8 Å². The highest BCUT2D eigenvalue weighted by atomic mass is 16.3. The summed E-state index contributed by atoms with van der Waals surface area (Å²) in [5, 5.41) is 13.2. The normalized spacial score (nSPS) is 17.7. The van der Waals surface area contributed by atoms with Gasteiger partial charge in [0.25, 0.3) is 0 Å². The maximum atomic E-state index is 9.58. The summed E-state index contributed by atoms with van der Waals surface area (Å²) in [5.41, 5.74) is 2.31. The second-order valence-corrected chi connectivity index (χ2v) is 6.48. The fourth-order valence-corrected chi connectivity index (χ4v) is 3.28. The molecule has 24 heavy (non-hydrogen) atoms. The largest absolute Gasteiger partial charge is 0.393 e. The lowest BCUT2D eigenvalue weighted by Gasteiger charge is -2.29. The molecule has 0 amide bonds. The van der Waals surface area contributed by atoms with Gasteiger partial charge in [0.2, 0.25) is 0 Å². The van der Waals surface area contributed by atoms with Crippen LogP contribution >= 0.6 is 0 Å². The molecule has 2 heterocycles. The van der Waals surface area contributed by atoms with E-state index in [9.17, 15) is 5.11 Å². The summed E-state index contributed by atoms with van der Waals surface area (Å²) in [6.07, 6.45) is 4.69. The molecule has 3 rings (SSSR count).